The van der Waals surface area contributed by atoms with Gasteiger partial charge >= 0.3 is 0 Å². The first-order valence-corrected chi connectivity index (χ1v) is 5.10. The van der Waals surface area contributed by atoms with E-state index in [9.17, 15) is 0 Å². The van der Waals surface area contributed by atoms with Crippen molar-refractivity contribution in [3.8, 4) is 0 Å². The van der Waals surface area contributed by atoms with Crippen molar-refractivity contribution in [1.29, 1.82) is 0 Å². The van der Waals surface area contributed by atoms with Gasteiger partial charge < -0.3 is 0 Å². The fourth-order valence-corrected chi connectivity index (χ4v) is 2.03. The molecule has 1 aliphatic carbocycles. The third kappa shape index (κ3) is 1.53. The Bertz CT molecular complexity index is 345. The summed E-state index contributed by atoms with van der Waals surface area (Å²) in [5.74, 6) is 0. The van der Waals surface area contributed by atoms with E-state index in [0.29, 0.717) is 0 Å². The van der Waals surface area contributed by atoms with Crippen LogP contribution in [0, 0.1) is 6.92 Å². The van der Waals surface area contributed by atoms with Crippen molar-refractivity contribution in [3.63, 3.8) is 0 Å². The maximum absolute atomic E-state index is 2.36. The van der Waals surface area contributed by atoms with E-state index < -0.39 is 0 Å². The van der Waals surface area contributed by atoms with E-state index in [1.807, 2.05) is 0 Å². The van der Waals surface area contributed by atoms with Crippen LogP contribution in [0.2, 0.25) is 0 Å². The highest BCUT2D eigenvalue weighted by molar-refractivity contribution is 5.58. The van der Waals surface area contributed by atoms with E-state index in [4.69, 9.17) is 0 Å². The molecule has 0 radical (unpaired) electrons. The first-order valence-electron chi connectivity index (χ1n) is 5.10. The van der Waals surface area contributed by atoms with Gasteiger partial charge in [0.05, 0.1) is 0 Å². The van der Waals surface area contributed by atoms with Gasteiger partial charge in [-0.15, -0.1) is 0 Å². The molecule has 0 amide bonds. The van der Waals surface area contributed by atoms with E-state index in [2.05, 4.69) is 38.1 Å². The van der Waals surface area contributed by atoms with Crippen LogP contribution in [-0.4, -0.2) is 0 Å². The lowest BCUT2D eigenvalue weighted by Crippen LogP contribution is -1.97. The molecular formula is C13H16. The van der Waals surface area contributed by atoms with E-state index in [0.717, 1.165) is 6.42 Å². The van der Waals surface area contributed by atoms with Crippen LogP contribution in [0.5, 0.6) is 0 Å². The number of rotatable bonds is 1. The van der Waals surface area contributed by atoms with Crippen molar-refractivity contribution in [2.45, 2.75) is 33.1 Å². The van der Waals surface area contributed by atoms with Gasteiger partial charge in [-0.2, -0.15) is 0 Å². The molecule has 0 spiro atoms. The lowest BCUT2D eigenvalue weighted by atomic mass is 9.92. The Morgan fingerprint density at radius 3 is 2.92 bits per heavy atom. The number of benzene rings is 1. The minimum atomic E-state index is 1.15. The summed E-state index contributed by atoms with van der Waals surface area (Å²) < 4.78 is 0. The van der Waals surface area contributed by atoms with Crippen molar-refractivity contribution in [3.05, 3.63) is 40.5 Å². The Kier molecular flexibility index (Phi) is 2.22. The van der Waals surface area contributed by atoms with Crippen LogP contribution < -0.4 is 0 Å². The van der Waals surface area contributed by atoms with Crippen LogP contribution in [0.25, 0.3) is 6.08 Å². The minimum Gasteiger partial charge on any atom is -0.0836 e. The topological polar surface area (TPSA) is 0 Å². The van der Waals surface area contributed by atoms with Crippen molar-refractivity contribution < 1.29 is 0 Å². The molecule has 0 heterocycles. The van der Waals surface area contributed by atoms with Gasteiger partial charge in [-0.3, -0.25) is 0 Å². The van der Waals surface area contributed by atoms with E-state index in [1.54, 1.807) is 0 Å². The summed E-state index contributed by atoms with van der Waals surface area (Å²) in [4.78, 5) is 0. The average Bonchev–Trinajstić information content (AvgIpc) is 2.17. The van der Waals surface area contributed by atoms with Gasteiger partial charge in [0.2, 0.25) is 0 Å². The van der Waals surface area contributed by atoms with Crippen LogP contribution in [0.3, 0.4) is 0 Å². The van der Waals surface area contributed by atoms with Crippen LogP contribution >= 0.6 is 0 Å². The largest absolute Gasteiger partial charge is 0.0836 e. The molecule has 0 atom stereocenters. The molecule has 1 aromatic carbocycles. The molecule has 1 aliphatic rings. The normalized spacial score (nSPS) is 14.3. The molecule has 13 heavy (non-hydrogen) atoms. The second kappa shape index (κ2) is 3.37. The second-order valence-corrected chi connectivity index (χ2v) is 3.77. The van der Waals surface area contributed by atoms with E-state index in [1.165, 1.54) is 35.1 Å². The molecule has 0 nitrogen and oxygen atoms in total. The fraction of sp³-hybridized carbons (Fsp3) is 0.385. The zero-order valence-electron chi connectivity index (χ0n) is 8.43. The first kappa shape index (κ1) is 8.55. The number of hydrogen-bond acceptors (Lipinski definition) is 0. The van der Waals surface area contributed by atoms with Crippen LogP contribution in [0.1, 0.15) is 35.6 Å². The van der Waals surface area contributed by atoms with Crippen LogP contribution in [-0.2, 0) is 12.8 Å². The lowest BCUT2D eigenvalue weighted by molar-refractivity contribution is 0.973. The maximum Gasteiger partial charge on any atom is -0.0225 e. The fourth-order valence-electron chi connectivity index (χ4n) is 2.03. The molecule has 0 unspecified atom stereocenters. The van der Waals surface area contributed by atoms with Gasteiger partial charge in [0.15, 0.2) is 0 Å². The summed E-state index contributed by atoms with van der Waals surface area (Å²) in [6.45, 7) is 4.44. The molecule has 0 heteroatoms. The summed E-state index contributed by atoms with van der Waals surface area (Å²) in [5, 5.41) is 0. The molecule has 0 aliphatic heterocycles. The van der Waals surface area contributed by atoms with E-state index in [-0.39, 0.29) is 0 Å². The molecule has 0 N–H and O–H groups in total. The predicted molar refractivity (Wildman–Crippen MR) is 57.9 cm³/mol. The zero-order chi connectivity index (χ0) is 9.26. The maximum atomic E-state index is 2.36. The molecule has 68 valence electrons. The number of allylic oxidation sites excluding steroid dienone is 1. The highest BCUT2D eigenvalue weighted by Crippen LogP contribution is 2.23. The third-order valence-electron chi connectivity index (χ3n) is 2.86. The Morgan fingerprint density at radius 2 is 2.15 bits per heavy atom. The molecule has 0 saturated carbocycles. The van der Waals surface area contributed by atoms with Crippen LogP contribution in [0.4, 0.5) is 0 Å². The van der Waals surface area contributed by atoms with Crippen molar-refractivity contribution in [2.24, 2.45) is 0 Å². The molecule has 0 saturated heterocycles. The third-order valence-corrected chi connectivity index (χ3v) is 2.86. The summed E-state index contributed by atoms with van der Waals surface area (Å²) >= 11 is 0. The minimum absolute atomic E-state index is 1.15. The molecule has 1 aromatic rings. The number of hydrogen-bond donors (Lipinski definition) is 0. The van der Waals surface area contributed by atoms with Gasteiger partial charge in [0, 0.05) is 0 Å². The Labute approximate surface area is 80.3 Å². The smallest absolute Gasteiger partial charge is 0.0225 e. The second-order valence-electron chi connectivity index (χ2n) is 3.77. The van der Waals surface area contributed by atoms with Gasteiger partial charge in [-0.25, -0.2) is 0 Å². The molecular weight excluding hydrogens is 156 g/mol. The van der Waals surface area contributed by atoms with Gasteiger partial charge in [-0.1, -0.05) is 31.2 Å². The Hall–Kier alpha value is -1.04. The standard InChI is InChI=1S/C13H16/c1-3-11-9-13-7-5-4-6-12(13)8-10(11)2/h5,7-9H,3-4,6H2,1-2H3. The monoisotopic (exact) mass is 172 g/mol. The molecule has 2 rings (SSSR count). The van der Waals surface area contributed by atoms with Crippen molar-refractivity contribution >= 4 is 6.08 Å². The van der Waals surface area contributed by atoms with Gasteiger partial charge in [0.25, 0.3) is 0 Å². The summed E-state index contributed by atoms with van der Waals surface area (Å²) in [6.07, 6.45) is 8.11. The molecule has 0 fully saturated rings. The van der Waals surface area contributed by atoms with Gasteiger partial charge in [-0.05, 0) is 48.4 Å². The Balaban J connectivity index is 2.52. The van der Waals surface area contributed by atoms with Crippen molar-refractivity contribution in [1.82, 2.24) is 0 Å². The average molecular weight is 172 g/mol. The SMILES string of the molecule is CCc1cc2c(cc1C)CCC=C2. The quantitative estimate of drug-likeness (QED) is 0.608. The van der Waals surface area contributed by atoms with Crippen LogP contribution in [0.15, 0.2) is 18.2 Å². The molecule has 0 bridgehead atoms. The highest BCUT2D eigenvalue weighted by Gasteiger charge is 2.06. The van der Waals surface area contributed by atoms with E-state index >= 15 is 0 Å². The number of aryl methyl sites for hydroxylation is 3. The van der Waals surface area contributed by atoms with Crippen molar-refractivity contribution in [2.75, 3.05) is 0 Å². The lowest BCUT2D eigenvalue weighted by Gasteiger charge is -2.13. The zero-order valence-corrected chi connectivity index (χ0v) is 8.43. The highest BCUT2D eigenvalue weighted by atomic mass is 14.1. The number of fused-ring (bicyclic) bond motifs is 1. The summed E-state index contributed by atoms with van der Waals surface area (Å²) in [5.41, 5.74) is 5.91. The first-order chi connectivity index (χ1) is 6.31. The Morgan fingerprint density at radius 1 is 1.31 bits per heavy atom. The summed E-state index contributed by atoms with van der Waals surface area (Å²) in [7, 11) is 0. The molecule has 0 aromatic heterocycles. The predicted octanol–water partition coefficient (Wildman–Crippen LogP) is 3.52. The van der Waals surface area contributed by atoms with Gasteiger partial charge in [0.1, 0.15) is 0 Å². The summed E-state index contributed by atoms with van der Waals surface area (Å²) in [6, 6.07) is 4.71.